The number of carboxylic acids is 1. The maximum Gasteiger partial charge on any atom is 0.416 e. The van der Waals surface area contributed by atoms with Crippen LogP contribution in [0.15, 0.2) is 109 Å². The fourth-order valence-corrected chi connectivity index (χ4v) is 5.25. The molecule has 4 rings (SSSR count). The smallest absolute Gasteiger partial charge is 0.416 e. The second-order valence-corrected chi connectivity index (χ2v) is 10.8. The molecular formula is C34H33ClF3NO3. The molecule has 1 unspecified atom stereocenters. The molecule has 2 atom stereocenters. The first kappa shape index (κ1) is 31.1. The first-order chi connectivity index (χ1) is 20.1. The summed E-state index contributed by atoms with van der Waals surface area (Å²) in [6.45, 7) is 3.19. The summed E-state index contributed by atoms with van der Waals surface area (Å²) in [5.41, 5.74) is 1.56. The minimum atomic E-state index is -4.48. The summed E-state index contributed by atoms with van der Waals surface area (Å²) in [4.78, 5) is 13.1. The summed E-state index contributed by atoms with van der Waals surface area (Å²) in [7, 11) is 0. The van der Waals surface area contributed by atoms with E-state index in [2.05, 4.69) is 0 Å². The number of hydrogen-bond donors (Lipinski definition) is 1. The van der Waals surface area contributed by atoms with Crippen LogP contribution in [0.2, 0.25) is 0 Å². The van der Waals surface area contributed by atoms with Crippen molar-refractivity contribution in [3.8, 4) is 5.75 Å². The van der Waals surface area contributed by atoms with Crippen molar-refractivity contribution in [3.63, 3.8) is 0 Å². The average Bonchev–Trinajstić information content (AvgIpc) is 2.98. The van der Waals surface area contributed by atoms with Crippen LogP contribution in [-0.2, 0) is 17.4 Å². The highest BCUT2D eigenvalue weighted by atomic mass is 35.5. The maximum absolute atomic E-state index is 13.5. The molecule has 0 aliphatic rings. The molecule has 42 heavy (non-hydrogen) atoms. The van der Waals surface area contributed by atoms with E-state index in [9.17, 15) is 18.0 Å². The lowest BCUT2D eigenvalue weighted by Gasteiger charge is -2.34. The number of nitrogens with zero attached hydrogens (tertiary/aromatic N) is 1. The van der Waals surface area contributed by atoms with Gasteiger partial charge in [-0.25, -0.2) is 0 Å². The van der Waals surface area contributed by atoms with Gasteiger partial charge in [-0.2, -0.15) is 13.2 Å². The number of benzene rings is 4. The van der Waals surface area contributed by atoms with Gasteiger partial charge < -0.3 is 9.84 Å². The molecule has 0 heterocycles. The summed E-state index contributed by atoms with van der Waals surface area (Å²) in [6, 6.07) is 32.0. The molecule has 0 amide bonds. The molecule has 1 N–H and O–H groups in total. The lowest BCUT2D eigenvalue weighted by Crippen LogP contribution is -2.36. The van der Waals surface area contributed by atoms with Gasteiger partial charge in [-0.15, -0.1) is 11.6 Å². The van der Waals surface area contributed by atoms with Crippen LogP contribution in [0.5, 0.6) is 5.75 Å². The van der Waals surface area contributed by atoms with E-state index < -0.39 is 23.2 Å². The molecule has 8 heteroatoms. The van der Waals surface area contributed by atoms with Crippen molar-refractivity contribution < 1.29 is 27.8 Å². The Bertz CT molecular complexity index is 1390. The largest absolute Gasteiger partial charge is 0.493 e. The molecule has 0 aliphatic heterocycles. The highest BCUT2D eigenvalue weighted by Gasteiger charge is 2.32. The summed E-state index contributed by atoms with van der Waals surface area (Å²) < 4.78 is 46.7. The normalized spacial score (nSPS) is 13.2. The van der Waals surface area contributed by atoms with Crippen molar-refractivity contribution in [2.45, 2.75) is 30.9 Å². The van der Waals surface area contributed by atoms with E-state index in [4.69, 9.17) is 21.4 Å². The van der Waals surface area contributed by atoms with E-state index in [0.717, 1.165) is 23.3 Å². The van der Waals surface area contributed by atoms with Crippen LogP contribution in [0, 0.1) is 5.92 Å². The minimum absolute atomic E-state index is 0.0626. The van der Waals surface area contributed by atoms with Gasteiger partial charge in [0, 0.05) is 24.9 Å². The SMILES string of the molecule is C[C@@H](COc1cccc(CC(=O)O)c1)CN(CC(c1ccccc1)c1ccccc1)C(Cl)c1cccc(C(F)(F)F)c1. The van der Waals surface area contributed by atoms with E-state index in [1.807, 2.05) is 72.5 Å². The zero-order valence-corrected chi connectivity index (χ0v) is 23.9. The number of carboxylic acid groups (broad SMARTS) is 1. The lowest BCUT2D eigenvalue weighted by molar-refractivity contribution is -0.138. The first-order valence-electron chi connectivity index (χ1n) is 13.7. The number of aliphatic carboxylic acids is 1. The molecule has 4 aromatic carbocycles. The van der Waals surface area contributed by atoms with Gasteiger partial charge in [0.1, 0.15) is 11.3 Å². The third-order valence-electron chi connectivity index (χ3n) is 6.97. The van der Waals surface area contributed by atoms with Crippen LogP contribution in [-0.4, -0.2) is 35.7 Å². The highest BCUT2D eigenvalue weighted by molar-refractivity contribution is 6.20. The van der Waals surface area contributed by atoms with Crippen molar-refractivity contribution in [2.24, 2.45) is 5.92 Å². The maximum atomic E-state index is 13.5. The predicted octanol–water partition coefficient (Wildman–Crippen LogP) is 8.42. The van der Waals surface area contributed by atoms with Crippen molar-refractivity contribution in [1.29, 1.82) is 0 Å². The third-order valence-corrected chi connectivity index (χ3v) is 7.49. The Labute approximate surface area is 249 Å². The van der Waals surface area contributed by atoms with Crippen molar-refractivity contribution in [2.75, 3.05) is 19.7 Å². The van der Waals surface area contributed by atoms with Gasteiger partial charge in [-0.05, 0) is 46.5 Å². The van der Waals surface area contributed by atoms with Gasteiger partial charge >= 0.3 is 12.1 Å². The zero-order valence-electron chi connectivity index (χ0n) is 23.2. The Hall–Kier alpha value is -3.81. The Morgan fingerprint density at radius 1 is 0.833 bits per heavy atom. The van der Waals surface area contributed by atoms with E-state index in [1.165, 1.54) is 6.07 Å². The fraction of sp³-hybridized carbons (Fsp3) is 0.265. The van der Waals surface area contributed by atoms with Gasteiger partial charge in [0.15, 0.2) is 0 Å². The van der Waals surface area contributed by atoms with Gasteiger partial charge in [0.05, 0.1) is 18.6 Å². The van der Waals surface area contributed by atoms with Gasteiger partial charge in [0.25, 0.3) is 0 Å². The van der Waals surface area contributed by atoms with E-state index >= 15 is 0 Å². The molecule has 4 aromatic rings. The number of rotatable bonds is 13. The average molecular weight is 596 g/mol. The first-order valence-corrected chi connectivity index (χ1v) is 14.1. The predicted molar refractivity (Wildman–Crippen MR) is 159 cm³/mol. The molecule has 0 spiro atoms. The van der Waals surface area contributed by atoms with E-state index in [1.54, 1.807) is 30.3 Å². The number of halogens is 4. The van der Waals surface area contributed by atoms with Crippen molar-refractivity contribution >= 4 is 17.6 Å². The molecule has 0 radical (unpaired) electrons. The summed E-state index contributed by atoms with van der Waals surface area (Å²) in [6.07, 6.45) is -4.59. The lowest BCUT2D eigenvalue weighted by atomic mass is 9.90. The Morgan fingerprint density at radius 3 is 2.02 bits per heavy atom. The standard InChI is InChI=1S/C34H33ClF3NO3/c1-24(23-42-30-17-8-10-25(18-30)19-32(40)41)21-39(33(35)28-15-9-16-29(20-28)34(36,37)38)22-31(26-11-4-2-5-12-26)27-13-6-3-7-14-27/h2-18,20,24,31,33H,19,21-23H2,1H3,(H,40,41)/t24-,33?/m1/s1. The number of carbonyl (C=O) groups is 1. The number of ether oxygens (including phenoxy) is 1. The van der Waals surface area contributed by atoms with E-state index in [-0.39, 0.29) is 18.3 Å². The Balaban J connectivity index is 1.60. The topological polar surface area (TPSA) is 49.8 Å². The molecule has 0 aliphatic carbocycles. The van der Waals surface area contributed by atoms with Crippen LogP contribution in [0.4, 0.5) is 13.2 Å². The van der Waals surface area contributed by atoms with E-state index in [0.29, 0.717) is 36.6 Å². The third kappa shape index (κ3) is 8.84. The van der Waals surface area contributed by atoms with Crippen LogP contribution in [0.1, 0.15) is 46.2 Å². The minimum Gasteiger partial charge on any atom is -0.493 e. The molecule has 0 fully saturated rings. The number of alkyl halides is 4. The van der Waals surface area contributed by atoms with Gasteiger partial charge in [-0.3, -0.25) is 9.69 Å². The number of hydrogen-bond acceptors (Lipinski definition) is 3. The molecule has 220 valence electrons. The quantitative estimate of drug-likeness (QED) is 0.124. The molecule has 0 saturated heterocycles. The summed E-state index contributed by atoms with van der Waals surface area (Å²) in [5.74, 6) is -0.517. The summed E-state index contributed by atoms with van der Waals surface area (Å²) >= 11 is 7.01. The van der Waals surface area contributed by atoms with Crippen molar-refractivity contribution in [3.05, 3.63) is 137 Å². The fourth-order valence-electron chi connectivity index (χ4n) is 4.95. The van der Waals surface area contributed by atoms with Crippen molar-refractivity contribution in [1.82, 2.24) is 4.90 Å². The second kappa shape index (κ2) is 14.4. The Morgan fingerprint density at radius 2 is 1.43 bits per heavy atom. The van der Waals surface area contributed by atoms with Crippen LogP contribution in [0.25, 0.3) is 0 Å². The van der Waals surface area contributed by atoms with Crippen LogP contribution in [0.3, 0.4) is 0 Å². The molecule has 0 saturated carbocycles. The molecular weight excluding hydrogens is 563 g/mol. The zero-order chi connectivity index (χ0) is 30.1. The monoisotopic (exact) mass is 595 g/mol. The van der Waals surface area contributed by atoms with Crippen LogP contribution >= 0.6 is 11.6 Å². The molecule has 4 nitrogen and oxygen atoms in total. The second-order valence-electron chi connectivity index (χ2n) is 10.4. The molecule has 0 aromatic heterocycles. The van der Waals surface area contributed by atoms with Gasteiger partial charge in [0.2, 0.25) is 0 Å². The summed E-state index contributed by atoms with van der Waals surface area (Å²) in [5, 5.41) is 9.10. The van der Waals surface area contributed by atoms with Crippen LogP contribution < -0.4 is 4.74 Å². The van der Waals surface area contributed by atoms with Gasteiger partial charge in [-0.1, -0.05) is 91.9 Å². The molecule has 0 bridgehead atoms. The highest BCUT2D eigenvalue weighted by Crippen LogP contribution is 2.36. The Kier molecular flexibility index (Phi) is 10.7.